The summed E-state index contributed by atoms with van der Waals surface area (Å²) in [6, 6.07) is 9.85. The Bertz CT molecular complexity index is 545. The van der Waals surface area contributed by atoms with Crippen LogP contribution in [-0.2, 0) is 0 Å². The molecule has 0 unspecified atom stereocenters. The summed E-state index contributed by atoms with van der Waals surface area (Å²) in [6.45, 7) is 3.10. The number of aromatic nitrogens is 2. The Hall–Kier alpha value is -1.62. The number of hydrogen-bond acceptors (Lipinski definition) is 4. The molecule has 2 aromatic rings. The highest BCUT2D eigenvalue weighted by Gasteiger charge is 2.00. The number of rotatable bonds is 7. The van der Waals surface area contributed by atoms with Gasteiger partial charge in [-0.2, -0.15) is 4.98 Å². The highest BCUT2D eigenvalue weighted by atomic mass is 79.9. The SMILES string of the molecule is CCCCCNc1nccc(Nc2cccc(Br)c2)n1. The van der Waals surface area contributed by atoms with Gasteiger partial charge in [0, 0.05) is 22.9 Å². The molecule has 0 bridgehead atoms. The lowest BCUT2D eigenvalue weighted by molar-refractivity contribution is 0.740. The Morgan fingerprint density at radius 1 is 1.20 bits per heavy atom. The maximum absolute atomic E-state index is 4.45. The quantitative estimate of drug-likeness (QED) is 0.727. The van der Waals surface area contributed by atoms with E-state index < -0.39 is 0 Å². The Kier molecular flexibility index (Phi) is 5.80. The van der Waals surface area contributed by atoms with Crippen LogP contribution in [0.3, 0.4) is 0 Å². The van der Waals surface area contributed by atoms with Crippen molar-refractivity contribution < 1.29 is 0 Å². The summed E-state index contributed by atoms with van der Waals surface area (Å²) >= 11 is 3.45. The summed E-state index contributed by atoms with van der Waals surface area (Å²) in [5.41, 5.74) is 0.995. The molecular weight excluding hydrogens is 316 g/mol. The Balaban J connectivity index is 1.95. The van der Waals surface area contributed by atoms with Crippen molar-refractivity contribution in [3.8, 4) is 0 Å². The lowest BCUT2D eigenvalue weighted by Crippen LogP contribution is -2.06. The first-order chi connectivity index (χ1) is 9.78. The first-order valence-corrected chi connectivity index (χ1v) is 7.67. The molecule has 0 aliphatic heterocycles. The number of nitrogens with zero attached hydrogens (tertiary/aromatic N) is 2. The minimum absolute atomic E-state index is 0.668. The van der Waals surface area contributed by atoms with Gasteiger partial charge in [-0.15, -0.1) is 0 Å². The molecule has 1 aromatic carbocycles. The predicted octanol–water partition coefficient (Wildman–Crippen LogP) is 4.58. The van der Waals surface area contributed by atoms with Crippen molar-refractivity contribution in [2.45, 2.75) is 26.2 Å². The van der Waals surface area contributed by atoms with E-state index in [1.54, 1.807) is 6.20 Å². The molecule has 0 saturated carbocycles. The number of nitrogens with one attached hydrogen (secondary N) is 2. The van der Waals surface area contributed by atoms with Crippen LogP contribution < -0.4 is 10.6 Å². The van der Waals surface area contributed by atoms with Crippen LogP contribution in [0.25, 0.3) is 0 Å². The highest BCUT2D eigenvalue weighted by molar-refractivity contribution is 9.10. The molecule has 0 radical (unpaired) electrons. The van der Waals surface area contributed by atoms with Gasteiger partial charge in [0.2, 0.25) is 5.95 Å². The van der Waals surface area contributed by atoms with Crippen LogP contribution in [0.15, 0.2) is 41.0 Å². The van der Waals surface area contributed by atoms with Gasteiger partial charge >= 0.3 is 0 Å². The first kappa shape index (κ1) is 14.8. The minimum atomic E-state index is 0.668. The lowest BCUT2D eigenvalue weighted by Gasteiger charge is -2.08. The van der Waals surface area contributed by atoms with Crippen LogP contribution in [0.5, 0.6) is 0 Å². The maximum Gasteiger partial charge on any atom is 0.224 e. The summed E-state index contributed by atoms with van der Waals surface area (Å²) in [5, 5.41) is 6.51. The highest BCUT2D eigenvalue weighted by Crippen LogP contribution is 2.19. The normalized spacial score (nSPS) is 10.3. The van der Waals surface area contributed by atoms with Crippen LogP contribution in [0, 0.1) is 0 Å². The van der Waals surface area contributed by atoms with E-state index in [1.807, 2.05) is 30.3 Å². The van der Waals surface area contributed by atoms with Crippen LogP contribution >= 0.6 is 15.9 Å². The third-order valence-electron chi connectivity index (χ3n) is 2.82. The molecule has 0 fully saturated rings. The summed E-state index contributed by atoms with van der Waals surface area (Å²) in [4.78, 5) is 8.67. The van der Waals surface area contributed by atoms with E-state index >= 15 is 0 Å². The standard InChI is InChI=1S/C15H19BrN4/c1-2-3-4-9-17-15-18-10-8-14(20-15)19-13-7-5-6-12(16)11-13/h5-8,10-11H,2-4,9H2,1H3,(H2,17,18,19,20). The van der Waals surface area contributed by atoms with Crippen molar-refractivity contribution >= 4 is 33.4 Å². The van der Waals surface area contributed by atoms with Gasteiger partial charge in [-0.3, -0.25) is 0 Å². The minimum Gasteiger partial charge on any atom is -0.354 e. The number of anilines is 3. The van der Waals surface area contributed by atoms with Crippen molar-refractivity contribution in [1.29, 1.82) is 0 Å². The molecule has 0 amide bonds. The van der Waals surface area contributed by atoms with Crippen LogP contribution in [-0.4, -0.2) is 16.5 Å². The van der Waals surface area contributed by atoms with Crippen LogP contribution in [0.1, 0.15) is 26.2 Å². The Morgan fingerprint density at radius 2 is 2.10 bits per heavy atom. The summed E-state index contributed by atoms with van der Waals surface area (Å²) < 4.78 is 1.04. The molecule has 5 heteroatoms. The van der Waals surface area contributed by atoms with E-state index in [4.69, 9.17) is 0 Å². The van der Waals surface area contributed by atoms with Gasteiger partial charge in [-0.1, -0.05) is 41.8 Å². The maximum atomic E-state index is 4.45. The van der Waals surface area contributed by atoms with Crippen molar-refractivity contribution in [3.05, 3.63) is 41.0 Å². The largest absolute Gasteiger partial charge is 0.354 e. The number of hydrogen-bond donors (Lipinski definition) is 2. The zero-order valence-electron chi connectivity index (χ0n) is 11.6. The van der Waals surface area contributed by atoms with Crippen molar-refractivity contribution in [2.24, 2.45) is 0 Å². The van der Waals surface area contributed by atoms with Crippen molar-refractivity contribution in [3.63, 3.8) is 0 Å². The number of halogens is 1. The monoisotopic (exact) mass is 334 g/mol. The molecule has 2 N–H and O–H groups in total. The molecular formula is C15H19BrN4. The third kappa shape index (κ3) is 4.81. The fraction of sp³-hybridized carbons (Fsp3) is 0.333. The smallest absolute Gasteiger partial charge is 0.224 e. The topological polar surface area (TPSA) is 49.8 Å². The van der Waals surface area contributed by atoms with Gasteiger partial charge in [-0.05, 0) is 30.7 Å². The van der Waals surface area contributed by atoms with E-state index in [1.165, 1.54) is 12.8 Å². The average molecular weight is 335 g/mol. The summed E-state index contributed by atoms with van der Waals surface area (Å²) in [5.74, 6) is 1.46. The molecule has 0 atom stereocenters. The second-order valence-electron chi connectivity index (χ2n) is 4.53. The van der Waals surface area contributed by atoms with E-state index in [9.17, 15) is 0 Å². The molecule has 0 aliphatic rings. The molecule has 0 spiro atoms. The zero-order chi connectivity index (χ0) is 14.2. The Morgan fingerprint density at radius 3 is 2.90 bits per heavy atom. The van der Waals surface area contributed by atoms with Crippen LogP contribution in [0.2, 0.25) is 0 Å². The van der Waals surface area contributed by atoms with Gasteiger partial charge < -0.3 is 10.6 Å². The molecule has 20 heavy (non-hydrogen) atoms. The van der Waals surface area contributed by atoms with E-state index in [2.05, 4.69) is 43.5 Å². The molecule has 1 heterocycles. The van der Waals surface area contributed by atoms with Gasteiger partial charge in [-0.25, -0.2) is 4.98 Å². The van der Waals surface area contributed by atoms with Gasteiger partial charge in [0.05, 0.1) is 0 Å². The fourth-order valence-corrected chi connectivity index (χ4v) is 2.20. The lowest BCUT2D eigenvalue weighted by atomic mass is 10.2. The fourth-order valence-electron chi connectivity index (χ4n) is 1.80. The molecule has 1 aromatic heterocycles. The average Bonchev–Trinajstić information content (AvgIpc) is 2.44. The number of unbranched alkanes of at least 4 members (excludes halogenated alkanes) is 2. The van der Waals surface area contributed by atoms with Gasteiger partial charge in [0.25, 0.3) is 0 Å². The molecule has 106 valence electrons. The second-order valence-corrected chi connectivity index (χ2v) is 5.45. The second kappa shape index (κ2) is 7.85. The molecule has 2 rings (SSSR count). The molecule has 0 aliphatic carbocycles. The van der Waals surface area contributed by atoms with Gasteiger partial charge in [0.1, 0.15) is 5.82 Å². The van der Waals surface area contributed by atoms with Crippen molar-refractivity contribution in [2.75, 3.05) is 17.2 Å². The summed E-state index contributed by atoms with van der Waals surface area (Å²) in [6.07, 6.45) is 5.34. The Labute approximate surface area is 128 Å². The van der Waals surface area contributed by atoms with E-state index in [0.29, 0.717) is 5.95 Å². The third-order valence-corrected chi connectivity index (χ3v) is 3.31. The van der Waals surface area contributed by atoms with Crippen molar-refractivity contribution in [1.82, 2.24) is 9.97 Å². The van der Waals surface area contributed by atoms with Crippen LogP contribution in [0.4, 0.5) is 17.5 Å². The zero-order valence-corrected chi connectivity index (χ0v) is 13.2. The van der Waals surface area contributed by atoms with E-state index in [-0.39, 0.29) is 0 Å². The number of benzene rings is 1. The first-order valence-electron chi connectivity index (χ1n) is 6.87. The molecule has 4 nitrogen and oxygen atoms in total. The summed E-state index contributed by atoms with van der Waals surface area (Å²) in [7, 11) is 0. The van der Waals surface area contributed by atoms with Gasteiger partial charge in [0.15, 0.2) is 0 Å². The molecule has 0 saturated heterocycles. The predicted molar refractivity (Wildman–Crippen MR) is 87.5 cm³/mol. The van der Waals surface area contributed by atoms with E-state index in [0.717, 1.165) is 28.9 Å².